The lowest BCUT2D eigenvalue weighted by Gasteiger charge is -2.07. The Morgan fingerprint density at radius 3 is 1.88 bits per heavy atom. The van der Waals surface area contributed by atoms with Gasteiger partial charge in [0.15, 0.2) is 0 Å². The summed E-state index contributed by atoms with van der Waals surface area (Å²) in [6, 6.07) is 7.11. The van der Waals surface area contributed by atoms with E-state index in [0.29, 0.717) is 16.4 Å². The summed E-state index contributed by atoms with van der Waals surface area (Å²) < 4.78 is 0. The Labute approximate surface area is 119 Å². The van der Waals surface area contributed by atoms with E-state index in [1.807, 2.05) is 0 Å². The van der Waals surface area contributed by atoms with Gasteiger partial charge in [0.1, 0.15) is 16.1 Å². The first-order chi connectivity index (χ1) is 8.11. The molecule has 0 spiro atoms. The van der Waals surface area contributed by atoms with Crippen LogP contribution in [0.4, 0.5) is 0 Å². The highest BCUT2D eigenvalue weighted by atomic mass is 35.5. The maximum atomic E-state index is 6.06. The Morgan fingerprint density at radius 1 is 0.882 bits per heavy atom. The van der Waals surface area contributed by atoms with Crippen LogP contribution < -0.4 is 0 Å². The van der Waals surface area contributed by atoms with Crippen molar-refractivity contribution in [2.45, 2.75) is 5.88 Å². The molecule has 2 rings (SSSR count). The van der Waals surface area contributed by atoms with Gasteiger partial charge in [0.05, 0.1) is 11.4 Å². The second-order valence-corrected chi connectivity index (χ2v) is 4.66. The van der Waals surface area contributed by atoms with Crippen molar-refractivity contribution in [1.29, 1.82) is 0 Å². The van der Waals surface area contributed by atoms with E-state index in [1.165, 1.54) is 0 Å². The summed E-state index contributed by atoms with van der Waals surface area (Å²) in [7, 11) is 0. The third kappa shape index (κ3) is 2.83. The van der Waals surface area contributed by atoms with Gasteiger partial charge < -0.3 is 0 Å². The molecule has 0 unspecified atom stereocenters. The lowest BCUT2D eigenvalue weighted by Crippen LogP contribution is -1.95. The summed E-state index contributed by atoms with van der Waals surface area (Å²) >= 11 is 23.6. The first kappa shape index (κ1) is 12.9. The molecule has 0 saturated carbocycles. The average molecular weight is 308 g/mol. The van der Waals surface area contributed by atoms with Crippen LogP contribution in [-0.2, 0) is 5.88 Å². The van der Waals surface area contributed by atoms with Crippen LogP contribution in [0.1, 0.15) is 5.82 Å². The zero-order chi connectivity index (χ0) is 12.4. The zero-order valence-corrected chi connectivity index (χ0v) is 11.4. The molecule has 0 atom stereocenters. The van der Waals surface area contributed by atoms with Crippen LogP contribution in [0.3, 0.4) is 0 Å². The van der Waals surface area contributed by atoms with Crippen LogP contribution in [0.2, 0.25) is 15.3 Å². The zero-order valence-electron chi connectivity index (χ0n) is 8.42. The van der Waals surface area contributed by atoms with E-state index in [0.717, 1.165) is 5.56 Å². The molecule has 0 aliphatic carbocycles. The van der Waals surface area contributed by atoms with Gasteiger partial charge in [-0.25, -0.2) is 9.97 Å². The van der Waals surface area contributed by atoms with E-state index in [-0.39, 0.29) is 16.2 Å². The summed E-state index contributed by atoms with van der Waals surface area (Å²) in [5, 5.41) is 1.20. The van der Waals surface area contributed by atoms with Gasteiger partial charge in [-0.15, -0.1) is 11.6 Å². The van der Waals surface area contributed by atoms with Crippen molar-refractivity contribution in [3.63, 3.8) is 0 Å². The number of aromatic nitrogens is 2. The normalized spacial score (nSPS) is 10.6. The van der Waals surface area contributed by atoms with Crippen LogP contribution in [0, 0.1) is 0 Å². The van der Waals surface area contributed by atoms with E-state index in [2.05, 4.69) is 9.97 Å². The maximum absolute atomic E-state index is 6.06. The number of hydrogen-bond acceptors (Lipinski definition) is 2. The predicted molar refractivity (Wildman–Crippen MR) is 72.1 cm³/mol. The molecule has 2 nitrogen and oxygen atoms in total. The first-order valence-corrected chi connectivity index (χ1v) is 6.32. The van der Waals surface area contributed by atoms with Crippen LogP contribution in [0.5, 0.6) is 0 Å². The van der Waals surface area contributed by atoms with Gasteiger partial charge in [0, 0.05) is 5.02 Å². The number of benzene rings is 1. The summed E-state index contributed by atoms with van der Waals surface area (Å²) in [5.74, 6) is 0.569. The Balaban J connectivity index is 2.55. The molecule has 0 radical (unpaired) electrons. The third-order valence-corrected chi connectivity index (χ3v) is 3.16. The average Bonchev–Trinajstić information content (AvgIpc) is 2.30. The number of rotatable bonds is 2. The molecular weight excluding hydrogens is 302 g/mol. The molecule has 0 fully saturated rings. The molecule has 88 valence electrons. The Kier molecular flexibility index (Phi) is 4.10. The van der Waals surface area contributed by atoms with Crippen LogP contribution in [-0.4, -0.2) is 9.97 Å². The van der Waals surface area contributed by atoms with Gasteiger partial charge in [-0.3, -0.25) is 0 Å². The highest BCUT2D eigenvalue weighted by molar-refractivity contribution is 6.37. The maximum Gasteiger partial charge on any atom is 0.146 e. The van der Waals surface area contributed by atoms with Gasteiger partial charge in [-0.1, -0.05) is 46.9 Å². The van der Waals surface area contributed by atoms with E-state index in [9.17, 15) is 0 Å². The Bertz CT molecular complexity index is 517. The molecule has 1 aromatic heterocycles. The molecule has 1 aromatic carbocycles. The van der Waals surface area contributed by atoms with Crippen molar-refractivity contribution in [2.75, 3.05) is 0 Å². The lowest BCUT2D eigenvalue weighted by molar-refractivity contribution is 1.03. The molecule has 0 saturated heterocycles. The summed E-state index contributed by atoms with van der Waals surface area (Å²) in [6.07, 6.45) is 0. The van der Waals surface area contributed by atoms with Crippen molar-refractivity contribution < 1.29 is 0 Å². The number of halogens is 4. The smallest absolute Gasteiger partial charge is 0.146 e. The number of alkyl halides is 1. The summed E-state index contributed by atoms with van der Waals surface area (Å²) in [6.45, 7) is 0. The van der Waals surface area contributed by atoms with Gasteiger partial charge >= 0.3 is 0 Å². The van der Waals surface area contributed by atoms with E-state index in [1.54, 1.807) is 24.3 Å². The van der Waals surface area contributed by atoms with Crippen molar-refractivity contribution in [2.24, 2.45) is 0 Å². The predicted octanol–water partition coefficient (Wildman–Crippen LogP) is 4.84. The summed E-state index contributed by atoms with van der Waals surface area (Å²) in [5.41, 5.74) is 1.39. The van der Waals surface area contributed by atoms with E-state index >= 15 is 0 Å². The largest absolute Gasteiger partial charge is 0.219 e. The minimum Gasteiger partial charge on any atom is -0.219 e. The molecule has 0 aliphatic heterocycles. The first-order valence-electron chi connectivity index (χ1n) is 4.65. The second kappa shape index (κ2) is 5.40. The molecular formula is C11H6Cl4N2. The van der Waals surface area contributed by atoms with Gasteiger partial charge in [0.2, 0.25) is 0 Å². The Hall–Kier alpha value is -0.540. The lowest BCUT2D eigenvalue weighted by atomic mass is 10.1. The number of hydrogen-bond donors (Lipinski definition) is 0. The molecule has 6 heteroatoms. The highest BCUT2D eigenvalue weighted by Gasteiger charge is 2.13. The van der Waals surface area contributed by atoms with Crippen molar-refractivity contribution in [3.8, 4) is 11.1 Å². The summed E-state index contributed by atoms with van der Waals surface area (Å²) in [4.78, 5) is 8.11. The second-order valence-electron chi connectivity index (χ2n) is 3.24. The van der Waals surface area contributed by atoms with Crippen molar-refractivity contribution >= 4 is 46.4 Å². The minimum absolute atomic E-state index is 0.167. The Morgan fingerprint density at radius 2 is 1.41 bits per heavy atom. The SMILES string of the molecule is ClCc1nc(Cl)c(-c2ccc(Cl)cc2)c(Cl)n1. The van der Waals surface area contributed by atoms with E-state index in [4.69, 9.17) is 46.4 Å². The van der Waals surface area contributed by atoms with Crippen LogP contribution in [0.25, 0.3) is 11.1 Å². The molecule has 0 bridgehead atoms. The van der Waals surface area contributed by atoms with Crippen molar-refractivity contribution in [3.05, 3.63) is 45.4 Å². The standard InChI is InChI=1S/C11H6Cl4N2/c12-5-8-16-10(14)9(11(15)17-8)6-1-3-7(13)4-2-6/h1-4H,5H2. The monoisotopic (exact) mass is 306 g/mol. The molecule has 0 amide bonds. The third-order valence-electron chi connectivity index (χ3n) is 2.12. The van der Waals surface area contributed by atoms with Crippen LogP contribution in [0.15, 0.2) is 24.3 Å². The fourth-order valence-electron chi connectivity index (χ4n) is 1.36. The fourth-order valence-corrected chi connectivity index (χ4v) is 2.25. The molecule has 2 aromatic rings. The molecule has 1 heterocycles. The minimum atomic E-state index is 0.167. The molecule has 0 aliphatic rings. The number of nitrogens with zero attached hydrogens (tertiary/aromatic N) is 2. The highest BCUT2D eigenvalue weighted by Crippen LogP contribution is 2.33. The van der Waals surface area contributed by atoms with E-state index < -0.39 is 0 Å². The molecule has 0 N–H and O–H groups in total. The quantitative estimate of drug-likeness (QED) is 0.586. The van der Waals surface area contributed by atoms with Gasteiger partial charge in [-0.05, 0) is 17.7 Å². The van der Waals surface area contributed by atoms with Crippen molar-refractivity contribution in [1.82, 2.24) is 9.97 Å². The van der Waals surface area contributed by atoms with Gasteiger partial charge in [-0.2, -0.15) is 0 Å². The topological polar surface area (TPSA) is 25.8 Å². The van der Waals surface area contributed by atoms with Gasteiger partial charge in [0.25, 0.3) is 0 Å². The molecule has 17 heavy (non-hydrogen) atoms. The van der Waals surface area contributed by atoms with Crippen LogP contribution >= 0.6 is 46.4 Å². The fraction of sp³-hybridized carbons (Fsp3) is 0.0909.